The summed E-state index contributed by atoms with van der Waals surface area (Å²) in [6.07, 6.45) is 5.59. The molecule has 1 aromatic heterocycles. The minimum absolute atomic E-state index is 0.0143. The highest BCUT2D eigenvalue weighted by atomic mass is 19.4. The van der Waals surface area contributed by atoms with E-state index in [1.165, 1.54) is 0 Å². The number of aliphatic hydroxyl groups excluding tert-OH is 1. The van der Waals surface area contributed by atoms with Gasteiger partial charge >= 0.3 is 6.18 Å². The minimum atomic E-state index is -4.57. The Kier molecular flexibility index (Phi) is 9.52. The second-order valence-electron chi connectivity index (χ2n) is 10.5. The van der Waals surface area contributed by atoms with Crippen molar-refractivity contribution >= 4 is 23.2 Å². The number of amidine groups is 2. The Morgan fingerprint density at radius 3 is 2.62 bits per heavy atom. The molecule has 1 aliphatic carbocycles. The van der Waals surface area contributed by atoms with Gasteiger partial charge in [-0.15, -0.1) is 0 Å². The molecule has 2 heterocycles. The van der Waals surface area contributed by atoms with Gasteiger partial charge < -0.3 is 27.2 Å². The molecule has 1 aromatic carbocycles. The first-order valence-corrected chi connectivity index (χ1v) is 13.6. The van der Waals surface area contributed by atoms with Gasteiger partial charge in [-0.2, -0.15) is 13.2 Å². The van der Waals surface area contributed by atoms with Crippen LogP contribution in [0, 0.1) is 24.2 Å². The van der Waals surface area contributed by atoms with Crippen molar-refractivity contribution in [1.29, 1.82) is 5.41 Å². The van der Waals surface area contributed by atoms with Crippen molar-refractivity contribution in [3.8, 4) is 0 Å². The van der Waals surface area contributed by atoms with E-state index in [4.69, 9.17) is 16.9 Å². The number of pyridine rings is 1. The number of halogens is 3. The van der Waals surface area contributed by atoms with Gasteiger partial charge in [0.15, 0.2) is 0 Å². The van der Waals surface area contributed by atoms with Crippen LogP contribution in [0.25, 0.3) is 5.70 Å². The van der Waals surface area contributed by atoms with Crippen molar-refractivity contribution < 1.29 is 18.3 Å². The maximum absolute atomic E-state index is 13.6. The number of nitrogens with one attached hydrogen (secondary N) is 3. The van der Waals surface area contributed by atoms with Gasteiger partial charge in [0.05, 0.1) is 17.5 Å². The number of aromatic nitrogens is 1. The summed E-state index contributed by atoms with van der Waals surface area (Å²) in [7, 11) is 0. The molecule has 2 unspecified atom stereocenters. The molecule has 2 aromatic rings. The number of aliphatic imine (C=N–C) groups is 1. The van der Waals surface area contributed by atoms with Crippen molar-refractivity contribution in [3.05, 3.63) is 101 Å². The molecule has 0 saturated carbocycles. The lowest BCUT2D eigenvalue weighted by Crippen LogP contribution is -2.37. The van der Waals surface area contributed by atoms with Gasteiger partial charge in [-0.25, -0.2) is 9.98 Å². The molecule has 11 heteroatoms. The van der Waals surface area contributed by atoms with Crippen molar-refractivity contribution in [2.75, 3.05) is 18.5 Å². The number of hydrogen-bond acceptors (Lipinski definition) is 7. The van der Waals surface area contributed by atoms with E-state index in [9.17, 15) is 18.3 Å². The van der Waals surface area contributed by atoms with Crippen molar-refractivity contribution in [3.63, 3.8) is 0 Å². The van der Waals surface area contributed by atoms with Gasteiger partial charge in [0.1, 0.15) is 17.5 Å². The van der Waals surface area contributed by atoms with Crippen LogP contribution in [0.5, 0.6) is 0 Å². The lowest BCUT2D eigenvalue weighted by atomic mass is 9.83. The van der Waals surface area contributed by atoms with E-state index in [0.29, 0.717) is 31.6 Å². The molecule has 0 spiro atoms. The first-order valence-electron chi connectivity index (χ1n) is 13.6. The molecule has 8 nitrogen and oxygen atoms in total. The standard InChI is InChI=1S/C31H36F3N7O/c1-18-3-7-22(8-4-18)27(11-12-42)41-19(2)25-14-24(31(32,33)34)17-40-30(25)39-15-20-5-9-21(10-6-20)23-13-26(28(35)36)29(37)38-16-23/h3-9,14,16-17,21,26-27,41-42H,2,10-13,15H2,1H3,(H3,35,36)(H2,37,38)(H,39,40)/t21?,26?,27-/m0/s1. The number of nitrogens with zero attached hydrogens (tertiary/aromatic N) is 2. The zero-order valence-electron chi connectivity index (χ0n) is 23.4. The monoisotopic (exact) mass is 579 g/mol. The normalized spacial score (nSPS) is 19.3. The first kappa shape index (κ1) is 30.6. The SMILES string of the molecule is C=C(N[C@@H](CCO)c1ccc(C)cc1)c1cc(C(F)(F)F)cnc1NCC1=CCC(C2=CN=C(N)C(C(=N)N)C2)C=C1. The number of rotatable bonds is 11. The number of nitrogens with two attached hydrogens (primary N) is 2. The summed E-state index contributed by atoms with van der Waals surface area (Å²) in [5.41, 5.74) is 15.1. The van der Waals surface area contributed by atoms with Crippen LogP contribution in [0.3, 0.4) is 0 Å². The van der Waals surface area contributed by atoms with Crippen LogP contribution in [-0.2, 0) is 6.18 Å². The lowest BCUT2D eigenvalue weighted by Gasteiger charge is -2.26. The Morgan fingerprint density at radius 2 is 2.00 bits per heavy atom. The third-order valence-corrected chi connectivity index (χ3v) is 7.45. The van der Waals surface area contributed by atoms with Gasteiger partial charge in [0, 0.05) is 42.7 Å². The number of allylic oxidation sites excluding steroid dienone is 3. The fourth-order valence-electron chi connectivity index (χ4n) is 4.94. The largest absolute Gasteiger partial charge is 0.417 e. The second-order valence-corrected chi connectivity index (χ2v) is 10.5. The predicted molar refractivity (Wildman–Crippen MR) is 161 cm³/mol. The molecule has 1 aliphatic heterocycles. The Hall–Kier alpha value is -4.38. The predicted octanol–water partition coefficient (Wildman–Crippen LogP) is 5.20. The van der Waals surface area contributed by atoms with E-state index in [2.05, 4.69) is 33.3 Å². The minimum Gasteiger partial charge on any atom is -0.396 e. The van der Waals surface area contributed by atoms with Gasteiger partial charge in [-0.3, -0.25) is 5.41 Å². The maximum Gasteiger partial charge on any atom is 0.417 e. The van der Waals surface area contributed by atoms with Gasteiger partial charge in [0.25, 0.3) is 0 Å². The zero-order chi connectivity index (χ0) is 30.4. The summed E-state index contributed by atoms with van der Waals surface area (Å²) in [5, 5.41) is 23.8. The quantitative estimate of drug-likeness (QED) is 0.159. The van der Waals surface area contributed by atoms with E-state index < -0.39 is 17.7 Å². The van der Waals surface area contributed by atoms with Gasteiger partial charge in [0.2, 0.25) is 0 Å². The third-order valence-electron chi connectivity index (χ3n) is 7.45. The molecule has 8 N–H and O–H groups in total. The van der Waals surface area contributed by atoms with Gasteiger partial charge in [-0.1, -0.05) is 54.6 Å². The Bertz CT molecular complexity index is 1440. The maximum atomic E-state index is 13.6. The number of alkyl halides is 3. The average Bonchev–Trinajstić information content (AvgIpc) is 2.96. The van der Waals surface area contributed by atoms with Crippen LogP contribution in [-0.4, -0.2) is 34.9 Å². The summed E-state index contributed by atoms with van der Waals surface area (Å²) < 4.78 is 40.8. The number of aryl methyl sites for hydroxylation is 1. The van der Waals surface area contributed by atoms with E-state index in [0.717, 1.165) is 34.5 Å². The smallest absolute Gasteiger partial charge is 0.396 e. The molecule has 0 amide bonds. The zero-order valence-corrected chi connectivity index (χ0v) is 23.4. The fraction of sp³-hybridized carbons (Fsp3) is 0.323. The summed E-state index contributed by atoms with van der Waals surface area (Å²) in [5.74, 6) is 0.261. The molecule has 222 valence electrons. The number of anilines is 1. The van der Waals surface area contributed by atoms with Gasteiger partial charge in [-0.05, 0) is 49.0 Å². The van der Waals surface area contributed by atoms with Crippen molar-refractivity contribution in [1.82, 2.24) is 10.3 Å². The summed E-state index contributed by atoms with van der Waals surface area (Å²) >= 11 is 0. The Labute approximate surface area is 243 Å². The number of aliphatic hydroxyl groups is 1. The molecule has 2 aliphatic rings. The number of hydrogen-bond donors (Lipinski definition) is 6. The average molecular weight is 580 g/mol. The lowest BCUT2D eigenvalue weighted by molar-refractivity contribution is -0.137. The Balaban J connectivity index is 1.49. The highest BCUT2D eigenvalue weighted by Crippen LogP contribution is 2.34. The van der Waals surface area contributed by atoms with E-state index in [-0.39, 0.29) is 41.5 Å². The van der Waals surface area contributed by atoms with Crippen LogP contribution in [0.2, 0.25) is 0 Å². The van der Waals surface area contributed by atoms with E-state index in [1.807, 2.05) is 43.3 Å². The highest BCUT2D eigenvalue weighted by molar-refractivity contribution is 6.03. The van der Waals surface area contributed by atoms with Crippen LogP contribution in [0.1, 0.15) is 47.6 Å². The van der Waals surface area contributed by atoms with Crippen molar-refractivity contribution in [2.24, 2.45) is 28.3 Å². The summed E-state index contributed by atoms with van der Waals surface area (Å²) in [6, 6.07) is 8.38. The second kappa shape index (κ2) is 13.1. The van der Waals surface area contributed by atoms with Crippen LogP contribution >= 0.6 is 0 Å². The topological polar surface area (TPSA) is 145 Å². The molecular formula is C31H36F3N7O. The Morgan fingerprint density at radius 1 is 1.26 bits per heavy atom. The summed E-state index contributed by atoms with van der Waals surface area (Å²) in [4.78, 5) is 8.33. The molecule has 4 rings (SSSR count). The molecule has 0 radical (unpaired) electrons. The molecule has 42 heavy (non-hydrogen) atoms. The molecular weight excluding hydrogens is 543 g/mol. The molecule has 0 saturated heterocycles. The van der Waals surface area contributed by atoms with Crippen LogP contribution < -0.4 is 22.1 Å². The van der Waals surface area contributed by atoms with E-state index >= 15 is 0 Å². The van der Waals surface area contributed by atoms with Crippen molar-refractivity contribution in [2.45, 2.75) is 38.4 Å². The molecule has 3 atom stereocenters. The highest BCUT2D eigenvalue weighted by Gasteiger charge is 2.32. The number of benzene rings is 1. The third kappa shape index (κ3) is 7.47. The fourth-order valence-corrected chi connectivity index (χ4v) is 4.94. The molecule has 0 fully saturated rings. The first-order chi connectivity index (χ1) is 20.0. The molecule has 0 bridgehead atoms. The van der Waals surface area contributed by atoms with Crippen LogP contribution in [0.4, 0.5) is 19.0 Å². The van der Waals surface area contributed by atoms with Crippen LogP contribution in [0.15, 0.2) is 83.7 Å². The summed E-state index contributed by atoms with van der Waals surface area (Å²) in [6.45, 7) is 6.22. The van der Waals surface area contributed by atoms with E-state index in [1.54, 1.807) is 6.20 Å².